The lowest BCUT2D eigenvalue weighted by atomic mass is 10.1. The highest BCUT2D eigenvalue weighted by atomic mass is 35.5. The van der Waals surface area contributed by atoms with E-state index in [9.17, 15) is 4.79 Å². The predicted molar refractivity (Wildman–Crippen MR) is 65.2 cm³/mol. The van der Waals surface area contributed by atoms with Gasteiger partial charge in [-0.1, -0.05) is 23.7 Å². The lowest BCUT2D eigenvalue weighted by molar-refractivity contribution is -0.117. The second-order valence-corrected chi connectivity index (χ2v) is 3.80. The van der Waals surface area contributed by atoms with Crippen LogP contribution >= 0.6 is 11.6 Å². The van der Waals surface area contributed by atoms with Gasteiger partial charge < -0.3 is 10.4 Å². The van der Waals surface area contributed by atoms with Crippen LogP contribution in [0.4, 0.5) is 0 Å². The minimum atomic E-state index is -0.186. The number of nitrogens with one attached hydrogen (secondary N) is 1. The Morgan fingerprint density at radius 3 is 2.94 bits per heavy atom. The zero-order valence-corrected chi connectivity index (χ0v) is 9.79. The molecule has 0 bridgehead atoms. The molecule has 2 N–H and O–H groups in total. The van der Waals surface area contributed by atoms with Gasteiger partial charge in [0.1, 0.15) is 0 Å². The van der Waals surface area contributed by atoms with Gasteiger partial charge in [-0.15, -0.1) is 0 Å². The zero-order valence-electron chi connectivity index (χ0n) is 9.03. The molecule has 86 valence electrons. The Morgan fingerprint density at radius 2 is 2.31 bits per heavy atom. The average Bonchev–Trinajstić information content (AvgIpc) is 2.25. The quantitative estimate of drug-likeness (QED) is 0.788. The fraction of sp³-hybridized carbons (Fsp3) is 0.250. The molecule has 1 rings (SSSR count). The van der Waals surface area contributed by atoms with Crippen molar-refractivity contribution in [2.45, 2.75) is 6.92 Å². The summed E-state index contributed by atoms with van der Waals surface area (Å²) in [6, 6.07) is 7.26. The number of amides is 1. The summed E-state index contributed by atoms with van der Waals surface area (Å²) >= 11 is 5.83. The smallest absolute Gasteiger partial charge is 0.247 e. The first-order valence-electron chi connectivity index (χ1n) is 4.96. The van der Waals surface area contributed by atoms with Crippen molar-refractivity contribution in [2.75, 3.05) is 13.2 Å². The standard InChI is InChI=1S/C12H14ClNO2/c1-9(12(16)14-5-6-15)7-10-3-2-4-11(13)8-10/h2-4,7-8,15H,5-6H2,1H3,(H,14,16)/b9-7-. The minimum absolute atomic E-state index is 0.0593. The molecule has 0 saturated heterocycles. The molecule has 0 spiro atoms. The maximum absolute atomic E-state index is 11.5. The molecule has 0 atom stereocenters. The minimum Gasteiger partial charge on any atom is -0.395 e. The van der Waals surface area contributed by atoms with Gasteiger partial charge in [0.25, 0.3) is 0 Å². The van der Waals surface area contributed by atoms with Gasteiger partial charge in [0.15, 0.2) is 0 Å². The highest BCUT2D eigenvalue weighted by molar-refractivity contribution is 6.30. The summed E-state index contributed by atoms with van der Waals surface area (Å²) < 4.78 is 0. The SMILES string of the molecule is C/C(=C/c1cccc(Cl)c1)C(=O)NCCO. The average molecular weight is 240 g/mol. The van der Waals surface area contributed by atoms with Gasteiger partial charge in [0, 0.05) is 17.1 Å². The number of carbonyl (C=O) groups is 1. The summed E-state index contributed by atoms with van der Waals surface area (Å²) in [6.07, 6.45) is 1.75. The van der Waals surface area contributed by atoms with Gasteiger partial charge in [-0.05, 0) is 30.7 Å². The summed E-state index contributed by atoms with van der Waals surface area (Å²) in [7, 11) is 0. The van der Waals surface area contributed by atoms with Crippen molar-refractivity contribution in [1.29, 1.82) is 0 Å². The maximum Gasteiger partial charge on any atom is 0.247 e. The van der Waals surface area contributed by atoms with Crippen LogP contribution in [0.1, 0.15) is 12.5 Å². The van der Waals surface area contributed by atoms with Gasteiger partial charge in [-0.2, -0.15) is 0 Å². The summed E-state index contributed by atoms with van der Waals surface area (Å²) in [5.41, 5.74) is 1.46. The third-order valence-electron chi connectivity index (χ3n) is 1.99. The van der Waals surface area contributed by atoms with Crippen molar-refractivity contribution in [3.8, 4) is 0 Å². The second kappa shape index (κ2) is 6.30. The van der Waals surface area contributed by atoms with Gasteiger partial charge in [-0.3, -0.25) is 4.79 Å². The summed E-state index contributed by atoms with van der Waals surface area (Å²) in [5.74, 6) is -0.186. The zero-order chi connectivity index (χ0) is 12.0. The molecule has 1 amide bonds. The van der Waals surface area contributed by atoms with E-state index in [0.29, 0.717) is 10.6 Å². The number of rotatable bonds is 4. The molecule has 1 aromatic carbocycles. The maximum atomic E-state index is 11.5. The fourth-order valence-corrected chi connectivity index (χ4v) is 1.42. The number of halogens is 1. The molecule has 0 aliphatic carbocycles. The van der Waals surface area contributed by atoms with Crippen LogP contribution in [0.3, 0.4) is 0 Å². The van der Waals surface area contributed by atoms with Gasteiger partial charge in [0.2, 0.25) is 5.91 Å². The van der Waals surface area contributed by atoms with E-state index < -0.39 is 0 Å². The van der Waals surface area contributed by atoms with Crippen LogP contribution < -0.4 is 5.32 Å². The molecule has 0 radical (unpaired) electrons. The van der Waals surface area contributed by atoms with Crippen LogP contribution in [-0.4, -0.2) is 24.2 Å². The van der Waals surface area contributed by atoms with Crippen LogP contribution in [0.25, 0.3) is 6.08 Å². The molecular formula is C12H14ClNO2. The number of benzene rings is 1. The fourth-order valence-electron chi connectivity index (χ4n) is 1.22. The Balaban J connectivity index is 2.72. The van der Waals surface area contributed by atoms with Gasteiger partial charge in [-0.25, -0.2) is 0 Å². The highest BCUT2D eigenvalue weighted by Crippen LogP contribution is 2.13. The van der Waals surface area contributed by atoms with Crippen LogP contribution in [-0.2, 0) is 4.79 Å². The molecule has 1 aromatic rings. The molecule has 0 aliphatic heterocycles. The lowest BCUT2D eigenvalue weighted by Crippen LogP contribution is -2.26. The molecule has 16 heavy (non-hydrogen) atoms. The summed E-state index contributed by atoms with van der Waals surface area (Å²) in [4.78, 5) is 11.5. The topological polar surface area (TPSA) is 49.3 Å². The predicted octanol–water partition coefficient (Wildman–Crippen LogP) is 1.85. The van der Waals surface area contributed by atoms with Gasteiger partial charge >= 0.3 is 0 Å². The Kier molecular flexibility index (Phi) is 5.02. The molecule has 0 fully saturated rings. The number of aliphatic hydroxyl groups is 1. The normalized spacial score (nSPS) is 11.3. The number of hydrogen-bond acceptors (Lipinski definition) is 2. The van der Waals surface area contributed by atoms with Crippen LogP contribution in [0, 0.1) is 0 Å². The van der Waals surface area contributed by atoms with E-state index in [1.54, 1.807) is 25.1 Å². The van der Waals surface area contributed by atoms with Crippen molar-refractivity contribution in [2.24, 2.45) is 0 Å². The Hall–Kier alpha value is -1.32. The van der Waals surface area contributed by atoms with Crippen LogP contribution in [0.2, 0.25) is 5.02 Å². The van der Waals surface area contributed by atoms with Gasteiger partial charge in [0.05, 0.1) is 6.61 Å². The molecule has 0 unspecified atom stereocenters. The molecule has 0 saturated carbocycles. The van der Waals surface area contributed by atoms with E-state index in [2.05, 4.69) is 5.32 Å². The summed E-state index contributed by atoms with van der Waals surface area (Å²) in [5, 5.41) is 11.8. The van der Waals surface area contributed by atoms with Crippen molar-refractivity contribution in [1.82, 2.24) is 5.32 Å². The third kappa shape index (κ3) is 4.04. The van der Waals surface area contributed by atoms with Crippen LogP contribution in [0.5, 0.6) is 0 Å². The Labute approximate surface area is 99.7 Å². The first-order valence-corrected chi connectivity index (χ1v) is 5.34. The van der Waals surface area contributed by atoms with Crippen molar-refractivity contribution < 1.29 is 9.90 Å². The first kappa shape index (κ1) is 12.7. The molecule has 3 nitrogen and oxygen atoms in total. The van der Waals surface area contributed by atoms with Crippen molar-refractivity contribution in [3.63, 3.8) is 0 Å². The molecule has 4 heteroatoms. The van der Waals surface area contributed by atoms with E-state index in [1.165, 1.54) is 0 Å². The monoisotopic (exact) mass is 239 g/mol. The van der Waals surface area contributed by atoms with E-state index in [-0.39, 0.29) is 19.1 Å². The van der Waals surface area contributed by atoms with Crippen molar-refractivity contribution in [3.05, 3.63) is 40.4 Å². The first-order chi connectivity index (χ1) is 7.63. The van der Waals surface area contributed by atoms with Crippen molar-refractivity contribution >= 4 is 23.6 Å². The van der Waals surface area contributed by atoms with E-state index in [0.717, 1.165) is 5.56 Å². The van der Waals surface area contributed by atoms with Crippen LogP contribution in [0.15, 0.2) is 29.8 Å². The van der Waals surface area contributed by atoms with E-state index >= 15 is 0 Å². The molecule has 0 aromatic heterocycles. The summed E-state index contributed by atoms with van der Waals surface area (Å²) in [6.45, 7) is 1.92. The van der Waals surface area contributed by atoms with E-state index in [1.807, 2.05) is 12.1 Å². The molecule has 0 heterocycles. The lowest BCUT2D eigenvalue weighted by Gasteiger charge is -2.03. The Bertz CT molecular complexity index is 402. The van der Waals surface area contributed by atoms with E-state index in [4.69, 9.17) is 16.7 Å². The highest BCUT2D eigenvalue weighted by Gasteiger charge is 2.02. The molecular weight excluding hydrogens is 226 g/mol. The molecule has 0 aliphatic rings. The third-order valence-corrected chi connectivity index (χ3v) is 2.22. The number of hydrogen-bond donors (Lipinski definition) is 2. The second-order valence-electron chi connectivity index (χ2n) is 3.36. The number of carbonyl (C=O) groups excluding carboxylic acids is 1. The Morgan fingerprint density at radius 1 is 1.56 bits per heavy atom. The largest absolute Gasteiger partial charge is 0.395 e. The number of aliphatic hydroxyl groups excluding tert-OH is 1.